The molecule has 0 unspecified atom stereocenters. The Bertz CT molecular complexity index is 1310. The third-order valence-corrected chi connectivity index (χ3v) is 5.00. The van der Waals surface area contributed by atoms with E-state index >= 15 is 0 Å². The maximum Gasteiger partial charge on any atom is 0.255 e. The molecule has 1 heterocycles. The van der Waals surface area contributed by atoms with Crippen LogP contribution < -0.4 is 5.32 Å². The Balaban J connectivity index is 1.37. The molecule has 1 aromatic heterocycles. The zero-order chi connectivity index (χ0) is 20.7. The van der Waals surface area contributed by atoms with E-state index in [0.29, 0.717) is 33.8 Å². The second kappa shape index (κ2) is 6.93. The molecule has 4 aromatic rings. The van der Waals surface area contributed by atoms with Gasteiger partial charge in [-0.3, -0.25) is 9.59 Å². The summed E-state index contributed by atoms with van der Waals surface area (Å²) in [6, 6.07) is 19.2. The van der Waals surface area contributed by atoms with Crippen molar-refractivity contribution in [3.05, 3.63) is 95.8 Å². The predicted molar refractivity (Wildman–Crippen MR) is 112 cm³/mol. The summed E-state index contributed by atoms with van der Waals surface area (Å²) in [5.74, 6) is 0.135. The minimum absolute atomic E-state index is 0.0750. The summed E-state index contributed by atoms with van der Waals surface area (Å²) in [5.41, 5.74) is 4.39. The number of anilines is 1. The molecule has 3 aromatic carbocycles. The molecule has 30 heavy (non-hydrogen) atoms. The van der Waals surface area contributed by atoms with Crippen molar-refractivity contribution in [2.75, 3.05) is 5.32 Å². The van der Waals surface area contributed by atoms with Gasteiger partial charge in [-0.2, -0.15) is 0 Å². The number of phenols is 1. The Hall–Kier alpha value is -4.32. The summed E-state index contributed by atoms with van der Waals surface area (Å²) in [4.78, 5) is 33.8. The van der Waals surface area contributed by atoms with Crippen LogP contribution in [0.3, 0.4) is 0 Å². The number of hydrogen-bond acceptors (Lipinski definition) is 5. The van der Waals surface area contributed by atoms with Crippen LogP contribution in [-0.4, -0.2) is 26.8 Å². The molecule has 0 bridgehead atoms. The number of benzene rings is 3. The summed E-state index contributed by atoms with van der Waals surface area (Å²) in [6.07, 6.45) is 3.00. The first-order chi connectivity index (χ1) is 14.6. The average Bonchev–Trinajstić information content (AvgIpc) is 3.06. The molecule has 1 amide bonds. The van der Waals surface area contributed by atoms with E-state index in [1.54, 1.807) is 48.5 Å². The van der Waals surface area contributed by atoms with Gasteiger partial charge >= 0.3 is 0 Å². The molecule has 0 aliphatic heterocycles. The Morgan fingerprint density at radius 2 is 1.53 bits per heavy atom. The van der Waals surface area contributed by atoms with Crippen LogP contribution in [0.15, 0.2) is 79.1 Å². The third-order valence-electron chi connectivity index (χ3n) is 5.00. The number of fused-ring (bicyclic) bond motifs is 3. The number of nitrogens with one attached hydrogen (secondary N) is 1. The summed E-state index contributed by atoms with van der Waals surface area (Å²) in [5, 5.41) is 12.3. The highest BCUT2D eigenvalue weighted by molar-refractivity contribution is 6.22. The fourth-order valence-electron chi connectivity index (χ4n) is 3.56. The molecule has 0 radical (unpaired) electrons. The number of rotatable bonds is 3. The van der Waals surface area contributed by atoms with E-state index in [-0.39, 0.29) is 17.4 Å². The average molecular weight is 393 g/mol. The largest absolute Gasteiger partial charge is 0.508 e. The molecule has 0 saturated heterocycles. The number of carbonyl (C=O) groups is 2. The van der Waals surface area contributed by atoms with Crippen molar-refractivity contribution in [3.63, 3.8) is 0 Å². The molecule has 5 rings (SSSR count). The van der Waals surface area contributed by atoms with Crippen LogP contribution in [0, 0.1) is 0 Å². The molecule has 0 atom stereocenters. The lowest BCUT2D eigenvalue weighted by molar-refractivity contribution is 0.102. The second-order valence-electron chi connectivity index (χ2n) is 6.93. The summed E-state index contributed by atoms with van der Waals surface area (Å²) in [6.45, 7) is 0. The first-order valence-electron chi connectivity index (χ1n) is 9.31. The van der Waals surface area contributed by atoms with Crippen LogP contribution >= 0.6 is 0 Å². The molecule has 0 spiro atoms. The number of ketones is 1. The Morgan fingerprint density at radius 3 is 2.30 bits per heavy atom. The van der Waals surface area contributed by atoms with Crippen molar-refractivity contribution in [1.82, 2.24) is 9.97 Å². The van der Waals surface area contributed by atoms with E-state index in [1.807, 2.05) is 18.2 Å². The minimum atomic E-state index is -0.352. The summed E-state index contributed by atoms with van der Waals surface area (Å²) in [7, 11) is 0. The molecule has 1 aliphatic rings. The molecule has 144 valence electrons. The van der Waals surface area contributed by atoms with Crippen LogP contribution in [0.5, 0.6) is 5.75 Å². The highest BCUT2D eigenvalue weighted by Gasteiger charge is 2.27. The summed E-state index contributed by atoms with van der Waals surface area (Å²) >= 11 is 0. The number of nitrogens with zero attached hydrogens (tertiary/aromatic N) is 2. The molecule has 0 saturated carbocycles. The van der Waals surface area contributed by atoms with Crippen molar-refractivity contribution in [3.8, 4) is 28.3 Å². The van der Waals surface area contributed by atoms with Crippen molar-refractivity contribution >= 4 is 17.4 Å². The van der Waals surface area contributed by atoms with Gasteiger partial charge in [0.15, 0.2) is 11.6 Å². The van der Waals surface area contributed by atoms with Gasteiger partial charge in [-0.15, -0.1) is 0 Å². The molecular formula is C24H15N3O3. The molecular weight excluding hydrogens is 378 g/mol. The van der Waals surface area contributed by atoms with Crippen LogP contribution in [0.25, 0.3) is 22.5 Å². The normalized spacial score (nSPS) is 11.7. The van der Waals surface area contributed by atoms with Gasteiger partial charge in [-0.1, -0.05) is 42.5 Å². The van der Waals surface area contributed by atoms with Crippen LogP contribution in [-0.2, 0) is 0 Å². The zero-order valence-corrected chi connectivity index (χ0v) is 15.7. The monoisotopic (exact) mass is 393 g/mol. The fourth-order valence-corrected chi connectivity index (χ4v) is 3.56. The van der Waals surface area contributed by atoms with Gasteiger partial charge in [-0.05, 0) is 35.4 Å². The molecule has 6 nitrogen and oxygen atoms in total. The number of aromatic hydroxyl groups is 1. The number of aromatic nitrogens is 2. The highest BCUT2D eigenvalue weighted by atomic mass is 16.3. The van der Waals surface area contributed by atoms with Gasteiger partial charge in [0.05, 0.1) is 18.1 Å². The third kappa shape index (κ3) is 3.00. The minimum Gasteiger partial charge on any atom is -0.508 e. The van der Waals surface area contributed by atoms with Gasteiger partial charge in [0.2, 0.25) is 0 Å². The van der Waals surface area contributed by atoms with Crippen LogP contribution in [0.2, 0.25) is 0 Å². The van der Waals surface area contributed by atoms with Crippen LogP contribution in [0.4, 0.5) is 5.69 Å². The van der Waals surface area contributed by atoms with Gasteiger partial charge < -0.3 is 10.4 Å². The van der Waals surface area contributed by atoms with Gasteiger partial charge in [0.1, 0.15) is 5.75 Å². The van der Waals surface area contributed by atoms with E-state index in [4.69, 9.17) is 0 Å². The smallest absolute Gasteiger partial charge is 0.255 e. The Kier molecular flexibility index (Phi) is 4.10. The first-order valence-corrected chi connectivity index (χ1v) is 9.31. The van der Waals surface area contributed by atoms with Crippen LogP contribution in [0.1, 0.15) is 26.3 Å². The summed E-state index contributed by atoms with van der Waals surface area (Å²) < 4.78 is 0. The number of phenolic OH excluding ortho intramolecular Hbond substituents is 1. The predicted octanol–water partition coefficient (Wildman–Crippen LogP) is 4.31. The van der Waals surface area contributed by atoms with E-state index in [0.717, 1.165) is 11.1 Å². The zero-order valence-electron chi connectivity index (χ0n) is 15.7. The van der Waals surface area contributed by atoms with E-state index in [9.17, 15) is 14.7 Å². The quantitative estimate of drug-likeness (QED) is 0.476. The number of carbonyl (C=O) groups excluding carboxylic acids is 2. The van der Waals surface area contributed by atoms with E-state index in [1.165, 1.54) is 12.4 Å². The van der Waals surface area contributed by atoms with Crippen molar-refractivity contribution in [2.24, 2.45) is 0 Å². The lowest BCUT2D eigenvalue weighted by atomic mass is 10.0. The standard InChI is InChI=1S/C24H15N3O3/c28-17-5-3-4-14(10-17)23-25-12-16(13-26-23)27-24(30)15-8-9-19-18-6-1-2-7-20(18)22(29)21(19)11-15/h1-13,28H,(H,27,30). The first kappa shape index (κ1) is 17.8. The second-order valence-corrected chi connectivity index (χ2v) is 6.93. The van der Waals surface area contributed by atoms with Gasteiger partial charge in [0.25, 0.3) is 5.91 Å². The molecule has 6 heteroatoms. The number of hydrogen-bond donors (Lipinski definition) is 2. The van der Waals surface area contributed by atoms with Crippen molar-refractivity contribution in [2.45, 2.75) is 0 Å². The van der Waals surface area contributed by atoms with Gasteiger partial charge in [0, 0.05) is 22.3 Å². The Morgan fingerprint density at radius 1 is 0.800 bits per heavy atom. The number of amides is 1. The topological polar surface area (TPSA) is 92.2 Å². The van der Waals surface area contributed by atoms with Crippen molar-refractivity contribution in [1.29, 1.82) is 0 Å². The van der Waals surface area contributed by atoms with Crippen molar-refractivity contribution < 1.29 is 14.7 Å². The molecule has 1 aliphatic carbocycles. The van der Waals surface area contributed by atoms with E-state index in [2.05, 4.69) is 15.3 Å². The highest BCUT2D eigenvalue weighted by Crippen LogP contribution is 2.36. The molecule has 2 N–H and O–H groups in total. The fraction of sp³-hybridized carbons (Fsp3) is 0. The Labute approximate surface area is 171 Å². The molecule has 0 fully saturated rings. The maximum absolute atomic E-state index is 12.7. The SMILES string of the molecule is O=C(Nc1cnc(-c2cccc(O)c2)nc1)c1ccc2c(c1)C(=O)c1ccccc1-2. The maximum atomic E-state index is 12.7. The lowest BCUT2D eigenvalue weighted by Gasteiger charge is -2.07. The van der Waals surface area contributed by atoms with Gasteiger partial charge in [-0.25, -0.2) is 9.97 Å². The van der Waals surface area contributed by atoms with E-state index < -0.39 is 0 Å². The lowest BCUT2D eigenvalue weighted by Crippen LogP contribution is -2.13.